The fourth-order valence-electron chi connectivity index (χ4n) is 2.98. The van der Waals surface area contributed by atoms with Gasteiger partial charge < -0.3 is 5.32 Å². The van der Waals surface area contributed by atoms with E-state index in [0.29, 0.717) is 16.1 Å². The largest absolute Gasteiger partial charge is 0.340 e. The summed E-state index contributed by atoms with van der Waals surface area (Å²) in [7, 11) is 0. The number of nitrogens with one attached hydrogen (secondary N) is 1. The molecule has 1 N–H and O–H groups in total. The maximum atomic E-state index is 13.2. The van der Waals surface area contributed by atoms with Crippen LogP contribution in [0.1, 0.15) is 26.8 Å². The molecular formula is C22H16FN3OS. The molecule has 0 aliphatic carbocycles. The van der Waals surface area contributed by atoms with Crippen molar-refractivity contribution in [2.24, 2.45) is 0 Å². The van der Waals surface area contributed by atoms with Crippen LogP contribution in [0.25, 0.3) is 11.3 Å². The number of carbonyl (C=O) groups is 1. The molecule has 0 aliphatic heterocycles. The maximum absolute atomic E-state index is 13.2. The van der Waals surface area contributed by atoms with Crippen LogP contribution >= 0.6 is 11.5 Å². The minimum Gasteiger partial charge on any atom is -0.340 e. The van der Waals surface area contributed by atoms with Crippen molar-refractivity contribution in [3.63, 3.8) is 0 Å². The van der Waals surface area contributed by atoms with E-state index >= 15 is 0 Å². The summed E-state index contributed by atoms with van der Waals surface area (Å²) < 4.78 is 17.2. The van der Waals surface area contributed by atoms with Gasteiger partial charge in [-0.05, 0) is 46.9 Å². The lowest BCUT2D eigenvalue weighted by Crippen LogP contribution is -2.29. The Labute approximate surface area is 165 Å². The number of nitrogens with zero attached hydrogens (tertiary/aromatic N) is 2. The van der Waals surface area contributed by atoms with Gasteiger partial charge in [0.05, 0.1) is 6.04 Å². The Morgan fingerprint density at radius 2 is 1.43 bits per heavy atom. The summed E-state index contributed by atoms with van der Waals surface area (Å²) in [6.45, 7) is 0. The molecule has 1 amide bonds. The van der Waals surface area contributed by atoms with Crippen LogP contribution in [0.2, 0.25) is 0 Å². The third-order valence-electron chi connectivity index (χ3n) is 4.35. The quantitative estimate of drug-likeness (QED) is 0.530. The van der Waals surface area contributed by atoms with Crippen molar-refractivity contribution in [1.29, 1.82) is 0 Å². The standard InChI is InChI=1S/C22H16FN3OS/c23-18-13-11-17(12-14-18)20-21(28-26-25-20)22(27)24-19(15-7-3-1-4-8-15)16-9-5-2-6-10-16/h1-14,19H,(H,24,27). The van der Waals surface area contributed by atoms with Crippen molar-refractivity contribution in [3.8, 4) is 11.3 Å². The second-order valence-electron chi connectivity index (χ2n) is 6.19. The molecule has 1 aromatic heterocycles. The Morgan fingerprint density at radius 1 is 0.857 bits per heavy atom. The summed E-state index contributed by atoms with van der Waals surface area (Å²) in [5, 5.41) is 7.17. The lowest BCUT2D eigenvalue weighted by Gasteiger charge is -2.19. The Kier molecular flexibility index (Phi) is 5.21. The van der Waals surface area contributed by atoms with Gasteiger partial charge in [0, 0.05) is 5.56 Å². The third-order valence-corrected chi connectivity index (χ3v) is 5.08. The second kappa shape index (κ2) is 8.10. The molecule has 0 unspecified atom stereocenters. The van der Waals surface area contributed by atoms with Crippen molar-refractivity contribution in [2.45, 2.75) is 6.04 Å². The molecule has 138 valence electrons. The predicted octanol–water partition coefficient (Wildman–Crippen LogP) is 4.86. The third kappa shape index (κ3) is 3.82. The SMILES string of the molecule is O=C(NC(c1ccccc1)c1ccccc1)c1snnc1-c1ccc(F)cc1. The molecule has 0 saturated carbocycles. The van der Waals surface area contributed by atoms with Crippen LogP contribution in [-0.4, -0.2) is 15.5 Å². The first-order valence-corrected chi connectivity index (χ1v) is 9.49. The summed E-state index contributed by atoms with van der Waals surface area (Å²) in [4.78, 5) is 13.5. The minimum absolute atomic E-state index is 0.271. The van der Waals surface area contributed by atoms with Crippen molar-refractivity contribution < 1.29 is 9.18 Å². The number of carbonyl (C=O) groups excluding carboxylic acids is 1. The number of amides is 1. The molecular weight excluding hydrogens is 373 g/mol. The van der Waals surface area contributed by atoms with E-state index < -0.39 is 0 Å². The number of halogens is 1. The van der Waals surface area contributed by atoms with Crippen LogP contribution in [0, 0.1) is 5.82 Å². The zero-order chi connectivity index (χ0) is 19.3. The predicted molar refractivity (Wildman–Crippen MR) is 107 cm³/mol. The summed E-state index contributed by atoms with van der Waals surface area (Å²) in [6.07, 6.45) is 0. The molecule has 4 aromatic rings. The fraction of sp³-hybridized carbons (Fsp3) is 0.0455. The highest BCUT2D eigenvalue weighted by Gasteiger charge is 2.22. The first-order valence-electron chi connectivity index (χ1n) is 8.71. The van der Waals surface area contributed by atoms with Crippen molar-refractivity contribution in [1.82, 2.24) is 14.9 Å². The monoisotopic (exact) mass is 389 g/mol. The fourth-order valence-corrected chi connectivity index (χ4v) is 3.57. The lowest BCUT2D eigenvalue weighted by atomic mass is 9.98. The van der Waals surface area contributed by atoms with Gasteiger partial charge in [0.15, 0.2) is 0 Å². The normalized spacial score (nSPS) is 10.8. The van der Waals surface area contributed by atoms with Crippen LogP contribution in [-0.2, 0) is 0 Å². The van der Waals surface area contributed by atoms with Gasteiger partial charge >= 0.3 is 0 Å². The molecule has 3 aromatic carbocycles. The zero-order valence-corrected chi connectivity index (χ0v) is 15.6. The zero-order valence-electron chi connectivity index (χ0n) is 14.7. The van der Waals surface area contributed by atoms with E-state index in [9.17, 15) is 9.18 Å². The smallest absolute Gasteiger partial charge is 0.266 e. The van der Waals surface area contributed by atoms with Gasteiger partial charge in [-0.3, -0.25) is 4.79 Å². The first kappa shape index (κ1) is 18.0. The molecule has 0 saturated heterocycles. The molecule has 0 fully saturated rings. The second-order valence-corrected chi connectivity index (χ2v) is 6.94. The van der Waals surface area contributed by atoms with E-state index in [-0.39, 0.29) is 17.8 Å². The van der Waals surface area contributed by atoms with Crippen LogP contribution in [0.15, 0.2) is 84.9 Å². The van der Waals surface area contributed by atoms with Gasteiger partial charge in [0.2, 0.25) is 0 Å². The topological polar surface area (TPSA) is 54.9 Å². The first-order chi connectivity index (χ1) is 13.7. The van der Waals surface area contributed by atoms with E-state index in [1.807, 2.05) is 60.7 Å². The molecule has 0 bridgehead atoms. The van der Waals surface area contributed by atoms with Gasteiger partial charge in [-0.1, -0.05) is 65.2 Å². The van der Waals surface area contributed by atoms with Gasteiger partial charge in [0.1, 0.15) is 16.4 Å². The summed E-state index contributed by atoms with van der Waals surface area (Å²) in [6, 6.07) is 25.1. The summed E-state index contributed by atoms with van der Waals surface area (Å²) >= 11 is 1.02. The number of aromatic nitrogens is 2. The van der Waals surface area contributed by atoms with E-state index in [1.54, 1.807) is 12.1 Å². The minimum atomic E-state index is -0.342. The highest BCUT2D eigenvalue weighted by molar-refractivity contribution is 7.08. The number of benzene rings is 3. The molecule has 4 rings (SSSR count). The van der Waals surface area contributed by atoms with Crippen molar-refractivity contribution >= 4 is 17.4 Å². The van der Waals surface area contributed by atoms with Gasteiger partial charge in [-0.2, -0.15) is 0 Å². The van der Waals surface area contributed by atoms with Crippen molar-refractivity contribution in [2.75, 3.05) is 0 Å². The van der Waals surface area contributed by atoms with Gasteiger partial charge in [0.25, 0.3) is 5.91 Å². The number of rotatable bonds is 5. The van der Waals surface area contributed by atoms with E-state index in [2.05, 4.69) is 14.9 Å². The number of hydrogen-bond acceptors (Lipinski definition) is 4. The van der Waals surface area contributed by atoms with Gasteiger partial charge in [-0.25, -0.2) is 4.39 Å². The highest BCUT2D eigenvalue weighted by atomic mass is 32.1. The van der Waals surface area contributed by atoms with Crippen LogP contribution < -0.4 is 5.32 Å². The Morgan fingerprint density at radius 3 is 2.00 bits per heavy atom. The Bertz CT molecular complexity index is 1030. The Balaban J connectivity index is 1.66. The Hall–Kier alpha value is -3.38. The van der Waals surface area contributed by atoms with Crippen molar-refractivity contribution in [3.05, 3.63) is 107 Å². The van der Waals surface area contributed by atoms with Crippen LogP contribution in [0.3, 0.4) is 0 Å². The molecule has 1 heterocycles. The summed E-state index contributed by atoms with van der Waals surface area (Å²) in [5.74, 6) is -0.613. The maximum Gasteiger partial charge on any atom is 0.266 e. The highest BCUT2D eigenvalue weighted by Crippen LogP contribution is 2.27. The molecule has 28 heavy (non-hydrogen) atoms. The molecule has 6 heteroatoms. The van der Waals surface area contributed by atoms with Gasteiger partial charge in [-0.15, -0.1) is 5.10 Å². The average molecular weight is 389 g/mol. The molecule has 0 radical (unpaired) electrons. The van der Waals surface area contributed by atoms with E-state index in [1.165, 1.54) is 12.1 Å². The average Bonchev–Trinajstić information content (AvgIpc) is 3.24. The molecule has 0 aliphatic rings. The molecule has 0 spiro atoms. The number of hydrogen-bond donors (Lipinski definition) is 1. The van der Waals surface area contributed by atoms with E-state index in [4.69, 9.17) is 0 Å². The molecule has 0 atom stereocenters. The molecule has 4 nitrogen and oxygen atoms in total. The summed E-state index contributed by atoms with van der Waals surface area (Å²) in [5.41, 5.74) is 3.05. The lowest BCUT2D eigenvalue weighted by molar-refractivity contribution is 0.0947. The van der Waals surface area contributed by atoms with E-state index in [0.717, 1.165) is 22.7 Å². The van der Waals surface area contributed by atoms with Crippen LogP contribution in [0.4, 0.5) is 4.39 Å². The van der Waals surface area contributed by atoms with Crippen LogP contribution in [0.5, 0.6) is 0 Å².